The second-order valence-electron chi connectivity index (χ2n) is 5.83. The van der Waals surface area contributed by atoms with E-state index in [0.29, 0.717) is 6.04 Å². The maximum absolute atomic E-state index is 12.0. The van der Waals surface area contributed by atoms with Crippen LogP contribution in [0.15, 0.2) is 0 Å². The van der Waals surface area contributed by atoms with Crippen LogP contribution in [0.1, 0.15) is 34.1 Å². The lowest BCUT2D eigenvalue weighted by molar-refractivity contribution is -0.148. The molecule has 5 heteroatoms. The number of rotatable bonds is 6. The van der Waals surface area contributed by atoms with Gasteiger partial charge in [-0.15, -0.1) is 0 Å². The first kappa shape index (κ1) is 16.4. The molecule has 1 saturated heterocycles. The molecule has 19 heavy (non-hydrogen) atoms. The van der Waals surface area contributed by atoms with Crippen molar-refractivity contribution in [1.29, 1.82) is 0 Å². The number of morpholine rings is 1. The van der Waals surface area contributed by atoms with E-state index in [-0.39, 0.29) is 12.0 Å². The minimum atomic E-state index is -0.624. The van der Waals surface area contributed by atoms with Crippen LogP contribution >= 0.6 is 0 Å². The summed E-state index contributed by atoms with van der Waals surface area (Å²) in [7, 11) is 1.44. The van der Waals surface area contributed by atoms with Crippen molar-refractivity contribution in [1.82, 2.24) is 10.2 Å². The Hall–Kier alpha value is -0.650. The van der Waals surface area contributed by atoms with Gasteiger partial charge in [-0.25, -0.2) is 0 Å². The molecule has 0 amide bonds. The van der Waals surface area contributed by atoms with Crippen molar-refractivity contribution in [3.63, 3.8) is 0 Å². The van der Waals surface area contributed by atoms with Gasteiger partial charge < -0.3 is 9.47 Å². The number of hydrogen-bond donors (Lipinski definition) is 1. The third kappa shape index (κ3) is 4.75. The fourth-order valence-corrected chi connectivity index (χ4v) is 2.56. The van der Waals surface area contributed by atoms with E-state index in [1.165, 1.54) is 7.11 Å². The summed E-state index contributed by atoms with van der Waals surface area (Å²) in [6.07, 6.45) is 0.738. The van der Waals surface area contributed by atoms with E-state index in [1.807, 2.05) is 20.8 Å². The Balaban J connectivity index is 2.59. The van der Waals surface area contributed by atoms with E-state index in [2.05, 4.69) is 17.1 Å². The summed E-state index contributed by atoms with van der Waals surface area (Å²) >= 11 is 0. The summed E-state index contributed by atoms with van der Waals surface area (Å²) in [6.45, 7) is 11.5. The molecule has 0 aliphatic carbocycles. The van der Waals surface area contributed by atoms with Gasteiger partial charge >= 0.3 is 5.97 Å². The number of methoxy groups -OCH3 is 1. The summed E-state index contributed by atoms with van der Waals surface area (Å²) in [5.74, 6) is -0.192. The SMILES string of the molecule is COC(=O)C(C)(CCN1CCOCC1C)NC(C)C. The molecule has 0 aromatic carbocycles. The van der Waals surface area contributed by atoms with Crippen LogP contribution in [-0.4, -0.2) is 61.9 Å². The smallest absolute Gasteiger partial charge is 0.325 e. The topological polar surface area (TPSA) is 50.8 Å². The van der Waals surface area contributed by atoms with Crippen LogP contribution in [0.2, 0.25) is 0 Å². The monoisotopic (exact) mass is 272 g/mol. The van der Waals surface area contributed by atoms with E-state index in [9.17, 15) is 4.79 Å². The summed E-state index contributed by atoms with van der Waals surface area (Å²) in [5, 5.41) is 3.33. The average molecular weight is 272 g/mol. The van der Waals surface area contributed by atoms with E-state index >= 15 is 0 Å². The molecule has 112 valence electrons. The Morgan fingerprint density at radius 1 is 1.58 bits per heavy atom. The quantitative estimate of drug-likeness (QED) is 0.732. The molecule has 0 spiro atoms. The molecule has 0 bridgehead atoms. The Bertz CT molecular complexity index is 296. The highest BCUT2D eigenvalue weighted by atomic mass is 16.5. The largest absolute Gasteiger partial charge is 0.468 e. The first-order valence-electron chi connectivity index (χ1n) is 7.07. The number of nitrogens with one attached hydrogen (secondary N) is 1. The van der Waals surface area contributed by atoms with Crippen LogP contribution in [0.5, 0.6) is 0 Å². The van der Waals surface area contributed by atoms with Crippen LogP contribution in [0, 0.1) is 0 Å². The molecule has 2 unspecified atom stereocenters. The zero-order valence-electron chi connectivity index (χ0n) is 12.9. The molecule has 0 radical (unpaired) electrons. The molecule has 0 aromatic heterocycles. The first-order chi connectivity index (χ1) is 8.89. The zero-order valence-corrected chi connectivity index (χ0v) is 12.9. The van der Waals surface area contributed by atoms with Crippen molar-refractivity contribution in [3.8, 4) is 0 Å². The number of nitrogens with zero attached hydrogens (tertiary/aromatic N) is 1. The minimum absolute atomic E-state index is 0.192. The molecular weight excluding hydrogens is 244 g/mol. The maximum atomic E-state index is 12.0. The van der Waals surface area contributed by atoms with Gasteiger partial charge in [-0.2, -0.15) is 0 Å². The van der Waals surface area contributed by atoms with E-state index in [4.69, 9.17) is 9.47 Å². The number of hydrogen-bond acceptors (Lipinski definition) is 5. The standard InChI is InChI=1S/C14H28N2O3/c1-11(2)15-14(4,13(17)18-5)6-7-16-8-9-19-10-12(16)3/h11-12,15H,6-10H2,1-5H3. The normalized spacial score (nSPS) is 24.2. The van der Waals surface area contributed by atoms with Crippen molar-refractivity contribution >= 4 is 5.97 Å². The lowest BCUT2D eigenvalue weighted by atomic mass is 9.96. The van der Waals surface area contributed by atoms with Crippen LogP contribution in [0.3, 0.4) is 0 Å². The number of ether oxygens (including phenoxy) is 2. The number of carbonyl (C=O) groups is 1. The molecule has 0 saturated carbocycles. The molecule has 1 N–H and O–H groups in total. The van der Waals surface area contributed by atoms with Gasteiger partial charge in [0.25, 0.3) is 0 Å². The number of esters is 1. The highest BCUT2D eigenvalue weighted by Gasteiger charge is 2.35. The maximum Gasteiger partial charge on any atom is 0.325 e. The van der Waals surface area contributed by atoms with Crippen molar-refractivity contribution in [2.75, 3.05) is 33.4 Å². The van der Waals surface area contributed by atoms with Crippen molar-refractivity contribution in [3.05, 3.63) is 0 Å². The number of carbonyl (C=O) groups excluding carboxylic acids is 1. The zero-order chi connectivity index (χ0) is 14.5. The highest BCUT2D eigenvalue weighted by Crippen LogP contribution is 2.16. The second kappa shape index (κ2) is 7.22. The van der Waals surface area contributed by atoms with Crippen LogP contribution in [0.4, 0.5) is 0 Å². The molecule has 1 aliphatic rings. The van der Waals surface area contributed by atoms with Crippen LogP contribution in [-0.2, 0) is 14.3 Å². The summed E-state index contributed by atoms with van der Waals surface area (Å²) < 4.78 is 10.4. The summed E-state index contributed by atoms with van der Waals surface area (Å²) in [4.78, 5) is 14.4. The first-order valence-corrected chi connectivity index (χ1v) is 7.07. The predicted molar refractivity (Wildman–Crippen MR) is 75.2 cm³/mol. The second-order valence-corrected chi connectivity index (χ2v) is 5.83. The molecule has 0 aromatic rings. The van der Waals surface area contributed by atoms with Crippen molar-refractivity contribution < 1.29 is 14.3 Å². The van der Waals surface area contributed by atoms with Gasteiger partial charge in [-0.1, -0.05) is 0 Å². The molecular formula is C14H28N2O3. The van der Waals surface area contributed by atoms with Crippen molar-refractivity contribution in [2.45, 2.75) is 51.7 Å². The van der Waals surface area contributed by atoms with Gasteiger partial charge in [0, 0.05) is 25.2 Å². The Kier molecular flexibility index (Phi) is 6.23. The minimum Gasteiger partial charge on any atom is -0.468 e. The average Bonchev–Trinajstić information content (AvgIpc) is 2.36. The van der Waals surface area contributed by atoms with Crippen molar-refractivity contribution in [2.24, 2.45) is 0 Å². The molecule has 1 fully saturated rings. The molecule has 2 atom stereocenters. The lowest BCUT2D eigenvalue weighted by Crippen LogP contribution is -2.55. The molecule has 5 nitrogen and oxygen atoms in total. The Morgan fingerprint density at radius 3 is 2.79 bits per heavy atom. The van der Waals surface area contributed by atoms with E-state index in [0.717, 1.165) is 32.7 Å². The van der Waals surface area contributed by atoms with Gasteiger partial charge in [-0.3, -0.25) is 15.0 Å². The van der Waals surface area contributed by atoms with Gasteiger partial charge in [0.15, 0.2) is 0 Å². The van der Waals surface area contributed by atoms with Crippen LogP contribution in [0.25, 0.3) is 0 Å². The summed E-state index contributed by atoms with van der Waals surface area (Å²) in [6, 6.07) is 0.654. The molecule has 1 rings (SSSR count). The highest BCUT2D eigenvalue weighted by molar-refractivity contribution is 5.80. The fraction of sp³-hybridized carbons (Fsp3) is 0.929. The third-order valence-corrected chi connectivity index (χ3v) is 3.65. The molecule has 1 aliphatic heterocycles. The lowest BCUT2D eigenvalue weighted by Gasteiger charge is -2.37. The molecule has 1 heterocycles. The van der Waals surface area contributed by atoms with Gasteiger partial charge in [0.1, 0.15) is 5.54 Å². The predicted octanol–water partition coefficient (Wildman–Crippen LogP) is 1.03. The summed E-state index contributed by atoms with van der Waals surface area (Å²) in [5.41, 5.74) is -0.624. The van der Waals surface area contributed by atoms with Gasteiger partial charge in [0.05, 0.1) is 20.3 Å². The Labute approximate surface area is 116 Å². The van der Waals surface area contributed by atoms with E-state index < -0.39 is 5.54 Å². The Morgan fingerprint density at radius 2 is 2.26 bits per heavy atom. The van der Waals surface area contributed by atoms with Gasteiger partial charge in [0.2, 0.25) is 0 Å². The fourth-order valence-electron chi connectivity index (χ4n) is 2.56. The third-order valence-electron chi connectivity index (χ3n) is 3.65. The van der Waals surface area contributed by atoms with Gasteiger partial charge in [-0.05, 0) is 34.1 Å². The van der Waals surface area contributed by atoms with E-state index in [1.54, 1.807) is 0 Å². The van der Waals surface area contributed by atoms with Crippen LogP contribution < -0.4 is 5.32 Å².